The molecule has 0 aromatic carbocycles. The molecule has 21 N–H and O–H groups in total. The molecule has 3 aromatic rings. The number of amides is 4. The number of carbonyl (C=O) groups is 10. The van der Waals surface area contributed by atoms with E-state index in [9.17, 15) is 114 Å². The van der Waals surface area contributed by atoms with Gasteiger partial charge in [-0.3, -0.25) is 24.0 Å². The van der Waals surface area contributed by atoms with E-state index in [1.54, 1.807) is 25.8 Å². The number of likely N-dealkylation sites (N-methyl/N-ethyl adjacent to an activating group) is 2. The Labute approximate surface area is 631 Å². The first-order chi connectivity index (χ1) is 52.2. The van der Waals surface area contributed by atoms with Crippen molar-refractivity contribution in [2.24, 2.45) is 0 Å². The van der Waals surface area contributed by atoms with Gasteiger partial charge in [-0.1, -0.05) is 15.6 Å². The standard InChI is InChI=1S/C39H60N10O23S.C20H33N5O11S/c1-40-19(11-17-14-48(46-44-17)3-5-67-7-9-69-38-28(56)24(52)26(54)30(71-38)36(63)64)32(58)42-21(13-23(50)51)34(60)41-20(33(59)43-22(16-73-2)35(61)62)12-18-15-49(47-45-18)4-6-68-8-10-70-39-29(57)25(53)27(55)31(72-39)37(65)66;1-21-11(17(29)22-12(9-37-2)18(30)31)7-10-8-25(24-23-10)3-4-34-5-6-35-20-15(28)13(26)14(27)16(36-20)19(32)33/h14-15,19-22,24-31,38-40,52-57H,3-13,16H2,1-2H3,(H,41,60)(H,42,58)(H,43,59)(H,50,51)(H,61,62)(H,63,64)(H,65,66);8,11-16,20-21,26-28H,3-7,9H2,1-2H3,(H,22,29)(H,30,31)(H,32,33)/t19-,20-,21-,22-,24-,25-,26?,27?,28-,29-,30?,31?,38?,39?;11-,12+,13-,14?,15-,16?,20?/m00/s1. The molecular formula is C59H93N15O34S2. The molecule has 0 saturated carbocycles. The number of aliphatic hydroxyl groups is 9. The predicted molar refractivity (Wildman–Crippen MR) is 362 cm³/mol. The number of thioether (sulfide) groups is 2. The summed E-state index contributed by atoms with van der Waals surface area (Å²) in [7, 11) is 3.00. The second kappa shape index (κ2) is 46.8. The lowest BCUT2D eigenvalue weighted by atomic mass is 9.99. The molecular weight excluding hydrogens is 1530 g/mol. The molecule has 6 heterocycles. The second-order valence-corrected chi connectivity index (χ2v) is 26.1. The monoisotopic (exact) mass is 1620 g/mol. The number of aliphatic hydroxyl groups excluding tert-OH is 9. The summed E-state index contributed by atoms with van der Waals surface area (Å²) in [6.07, 6.45) is -19.6. The van der Waals surface area contributed by atoms with Crippen LogP contribution in [0.5, 0.6) is 0 Å². The lowest BCUT2D eigenvalue weighted by Gasteiger charge is -2.38. The molecule has 0 radical (unpaired) electrons. The van der Waals surface area contributed by atoms with Crippen LogP contribution in [0.2, 0.25) is 0 Å². The van der Waals surface area contributed by atoms with Crippen molar-refractivity contribution in [3.63, 3.8) is 0 Å². The first kappa shape index (κ1) is 92.6. The van der Waals surface area contributed by atoms with E-state index >= 15 is 0 Å². The van der Waals surface area contributed by atoms with Gasteiger partial charge in [0.05, 0.1) is 115 Å². The summed E-state index contributed by atoms with van der Waals surface area (Å²) in [6.45, 7) is 0.0782. The molecule has 4 amide bonds. The van der Waals surface area contributed by atoms with Gasteiger partial charge in [0.25, 0.3) is 0 Å². The summed E-state index contributed by atoms with van der Waals surface area (Å²) >= 11 is 2.42. The number of nitrogens with zero attached hydrogens (tertiary/aromatic N) is 9. The zero-order valence-corrected chi connectivity index (χ0v) is 61.0. The largest absolute Gasteiger partial charge is 0.481 e. The number of hydrogen-bond acceptors (Lipinski definition) is 38. The molecule has 3 aliphatic rings. The minimum atomic E-state index is -1.89. The molecule has 0 aliphatic carbocycles. The van der Waals surface area contributed by atoms with Crippen molar-refractivity contribution < 1.29 is 167 Å². The zero-order valence-electron chi connectivity index (χ0n) is 59.4. The number of carboxylic acid groups (broad SMARTS) is 6. The molecule has 3 aliphatic heterocycles. The van der Waals surface area contributed by atoms with E-state index < -0.39 is 201 Å². The fraction of sp³-hybridized carbons (Fsp3) is 0.729. The molecule has 620 valence electrons. The van der Waals surface area contributed by atoms with E-state index in [1.165, 1.54) is 45.2 Å². The third-order valence-electron chi connectivity index (χ3n) is 16.2. The average Bonchev–Trinajstić information content (AvgIpc) is 1.50. The number of ether oxygens (including phenoxy) is 9. The van der Waals surface area contributed by atoms with E-state index in [-0.39, 0.29) is 108 Å². The van der Waals surface area contributed by atoms with Gasteiger partial charge < -0.3 is 151 Å². The summed E-state index contributed by atoms with van der Waals surface area (Å²) in [5.41, 5.74) is 0.892. The third-order valence-corrected chi connectivity index (χ3v) is 17.6. The maximum Gasteiger partial charge on any atom is 0.335 e. The van der Waals surface area contributed by atoms with Gasteiger partial charge in [0, 0.05) is 49.4 Å². The summed E-state index contributed by atoms with van der Waals surface area (Å²) in [5, 5.41) is 184. The Balaban J connectivity index is 0.000000489. The number of nitrogens with one attached hydrogen (secondary N) is 6. The fourth-order valence-electron chi connectivity index (χ4n) is 10.3. The van der Waals surface area contributed by atoms with Crippen molar-refractivity contribution in [2.75, 3.05) is 97.6 Å². The van der Waals surface area contributed by atoms with Crippen molar-refractivity contribution in [3.05, 3.63) is 35.7 Å². The first-order valence-corrected chi connectivity index (χ1v) is 36.3. The maximum absolute atomic E-state index is 13.7. The first-order valence-electron chi connectivity index (χ1n) is 33.5. The maximum atomic E-state index is 13.7. The Morgan fingerprint density at radius 3 is 0.964 bits per heavy atom. The van der Waals surface area contributed by atoms with Gasteiger partial charge in [-0.05, 0) is 26.6 Å². The van der Waals surface area contributed by atoms with Crippen LogP contribution in [0, 0.1) is 0 Å². The highest BCUT2D eigenvalue weighted by molar-refractivity contribution is 7.98. The number of aromatic nitrogens is 9. The number of hydrogen-bond donors (Lipinski definition) is 21. The summed E-state index contributed by atoms with van der Waals surface area (Å²) in [6, 6.07) is -7.57. The molecule has 0 bridgehead atoms. The van der Waals surface area contributed by atoms with Gasteiger partial charge in [-0.15, -0.1) is 15.3 Å². The van der Waals surface area contributed by atoms with Crippen LogP contribution in [0.4, 0.5) is 0 Å². The van der Waals surface area contributed by atoms with Gasteiger partial charge in [0.2, 0.25) is 23.6 Å². The molecule has 51 heteroatoms. The minimum absolute atomic E-state index is 0.0169. The quantitative estimate of drug-likeness (QED) is 0.0233. The number of carboxylic acids is 6. The lowest BCUT2D eigenvalue weighted by Crippen LogP contribution is -2.60. The predicted octanol–water partition coefficient (Wildman–Crippen LogP) is -12.3. The van der Waals surface area contributed by atoms with Crippen LogP contribution in [-0.2, 0) is 129 Å². The molecule has 49 nitrogen and oxygen atoms in total. The van der Waals surface area contributed by atoms with E-state index in [0.717, 1.165) is 11.8 Å². The van der Waals surface area contributed by atoms with Crippen molar-refractivity contribution in [1.82, 2.24) is 76.9 Å². The van der Waals surface area contributed by atoms with E-state index in [4.69, 9.17) is 52.8 Å². The fourth-order valence-corrected chi connectivity index (χ4v) is 11.4. The topological polar surface area (TPSA) is 722 Å². The van der Waals surface area contributed by atoms with Crippen molar-refractivity contribution in [1.29, 1.82) is 0 Å². The van der Waals surface area contributed by atoms with E-state index in [1.807, 2.05) is 0 Å². The number of rotatable bonds is 48. The molecule has 3 aromatic heterocycles. The molecule has 3 saturated heterocycles. The lowest BCUT2D eigenvalue weighted by molar-refractivity contribution is -0.295. The molecule has 9 unspecified atom stereocenters. The van der Waals surface area contributed by atoms with Crippen molar-refractivity contribution >= 4 is 83.0 Å². The normalized spacial score (nSPS) is 25.6. The summed E-state index contributed by atoms with van der Waals surface area (Å²) < 4.78 is 51.4. The van der Waals surface area contributed by atoms with Crippen LogP contribution in [0.15, 0.2) is 18.6 Å². The van der Waals surface area contributed by atoms with Crippen LogP contribution < -0.4 is 31.9 Å². The summed E-state index contributed by atoms with van der Waals surface area (Å²) in [5.74, 6) is -11.9. The van der Waals surface area contributed by atoms with Crippen LogP contribution in [0.25, 0.3) is 0 Å². The molecule has 0 spiro atoms. The Morgan fingerprint density at radius 2 is 0.682 bits per heavy atom. The Morgan fingerprint density at radius 1 is 0.400 bits per heavy atom. The number of carbonyl (C=O) groups excluding carboxylic acids is 4. The molecule has 6 rings (SSSR count). The van der Waals surface area contributed by atoms with Crippen LogP contribution in [0.1, 0.15) is 23.5 Å². The van der Waals surface area contributed by atoms with Crippen LogP contribution >= 0.6 is 23.5 Å². The highest BCUT2D eigenvalue weighted by Crippen LogP contribution is 2.25. The Kier molecular flexibility index (Phi) is 39.4. The minimum Gasteiger partial charge on any atom is -0.481 e. The van der Waals surface area contributed by atoms with E-state index in [2.05, 4.69) is 62.8 Å². The highest BCUT2D eigenvalue weighted by atomic mass is 32.2. The SMILES string of the molecule is CN[C@@H](Cc1cn(CCOCCOC2OC(C(=O)O)C(O)[C@H](O)[C@@H]2O)nn1)C(=O)N[C@@H](CC(=O)O)C(=O)N[C@@H](Cc1cn(CCOCCOC2OC(C(=O)O)C(O)[C@H](O)[C@@H]2O)nn1)C(=O)N[C@@H](CSC)C(=O)O.CN[C@@H](Cc1cn(CCOCCOC2OC(C(=O)O)C(O)[C@H](O)[C@@H]2O)nn1)C(=O)N[C@H](CSC)C(=O)O. The molecule has 110 heavy (non-hydrogen) atoms. The van der Waals surface area contributed by atoms with Crippen molar-refractivity contribution in [3.8, 4) is 0 Å². The molecule has 21 atom stereocenters. The van der Waals surface area contributed by atoms with Gasteiger partial charge in [0.1, 0.15) is 79.1 Å². The van der Waals surface area contributed by atoms with Gasteiger partial charge >= 0.3 is 35.8 Å². The third kappa shape index (κ3) is 29.0. The average molecular weight is 1620 g/mol. The molecule has 3 fully saturated rings. The summed E-state index contributed by atoms with van der Waals surface area (Å²) in [4.78, 5) is 122. The Bertz CT molecular complexity index is 3420. The van der Waals surface area contributed by atoms with Gasteiger partial charge in [-0.25, -0.2) is 38.0 Å². The number of aliphatic carboxylic acids is 6. The Hall–Kier alpha value is -7.98. The van der Waals surface area contributed by atoms with Crippen molar-refractivity contribution in [2.45, 2.75) is 174 Å². The van der Waals surface area contributed by atoms with E-state index in [0.29, 0.717) is 12.2 Å². The second-order valence-electron chi connectivity index (χ2n) is 24.3. The van der Waals surface area contributed by atoms with Crippen LogP contribution in [0.3, 0.4) is 0 Å². The van der Waals surface area contributed by atoms with Crippen LogP contribution in [-0.4, -0.2) is 407 Å². The smallest absolute Gasteiger partial charge is 0.335 e. The van der Waals surface area contributed by atoms with Gasteiger partial charge in [-0.2, -0.15) is 23.5 Å². The highest BCUT2D eigenvalue weighted by Gasteiger charge is 2.50. The zero-order chi connectivity index (χ0) is 81.5. The van der Waals surface area contributed by atoms with Gasteiger partial charge in [0.15, 0.2) is 37.2 Å².